The van der Waals surface area contributed by atoms with Crippen molar-refractivity contribution < 1.29 is 24.2 Å². The van der Waals surface area contributed by atoms with E-state index in [9.17, 15) is 19.5 Å². The van der Waals surface area contributed by atoms with Gasteiger partial charge < -0.3 is 25.4 Å². The lowest BCUT2D eigenvalue weighted by atomic mass is 9.65. The Morgan fingerprint density at radius 2 is 1.78 bits per heavy atom. The Labute approximate surface area is 220 Å². The minimum atomic E-state index is -1.08. The molecule has 4 rings (SSSR count). The monoisotopic (exact) mass is 513 g/mol. The van der Waals surface area contributed by atoms with Gasteiger partial charge in [0.2, 0.25) is 17.7 Å². The molecule has 5 atom stereocenters. The van der Waals surface area contributed by atoms with E-state index in [0.717, 1.165) is 12.0 Å². The Morgan fingerprint density at radius 3 is 2.38 bits per heavy atom. The number of hydrogen-bond acceptors (Lipinski definition) is 5. The summed E-state index contributed by atoms with van der Waals surface area (Å²) < 4.78 is 6.74. The van der Waals surface area contributed by atoms with E-state index >= 15 is 0 Å². The van der Waals surface area contributed by atoms with Crippen LogP contribution >= 0.6 is 0 Å². The Kier molecular flexibility index (Phi) is 7.23. The average molecular weight is 514 g/mol. The second-order valence-corrected chi connectivity index (χ2v) is 12.9. The van der Waals surface area contributed by atoms with Crippen molar-refractivity contribution in [1.82, 2.24) is 15.5 Å². The average Bonchev–Trinajstić information content (AvgIpc) is 3.40. The summed E-state index contributed by atoms with van der Waals surface area (Å²) in [6, 6.07) is 8.75. The van der Waals surface area contributed by atoms with Crippen LogP contribution in [0.2, 0.25) is 0 Å². The fraction of sp³-hybridized carbons (Fsp3) is 0.690. The topological polar surface area (TPSA) is 108 Å². The first-order valence-corrected chi connectivity index (χ1v) is 13.5. The van der Waals surface area contributed by atoms with E-state index < -0.39 is 34.6 Å². The minimum absolute atomic E-state index is 0.00952. The molecule has 204 valence electrons. The van der Waals surface area contributed by atoms with Gasteiger partial charge in [0.1, 0.15) is 11.6 Å². The number of rotatable bonds is 9. The third-order valence-corrected chi connectivity index (χ3v) is 8.30. The molecule has 37 heavy (non-hydrogen) atoms. The third-order valence-electron chi connectivity index (χ3n) is 8.30. The second-order valence-electron chi connectivity index (χ2n) is 12.9. The summed E-state index contributed by atoms with van der Waals surface area (Å²) in [5.41, 5.74) is -1.42. The first-order chi connectivity index (χ1) is 17.3. The molecule has 3 heterocycles. The summed E-state index contributed by atoms with van der Waals surface area (Å²) >= 11 is 0. The van der Waals surface area contributed by atoms with Crippen molar-refractivity contribution in [3.63, 3.8) is 0 Å². The molecule has 3 aliphatic rings. The molecule has 8 heteroatoms. The van der Waals surface area contributed by atoms with Gasteiger partial charge in [-0.3, -0.25) is 14.4 Å². The number of nitrogens with one attached hydrogen (secondary N) is 2. The molecule has 8 nitrogen and oxygen atoms in total. The SMILES string of the molecule is CC[C@@]12CCC3(O1)C(C(=O)NC(C)(C)CC(C)(C)C)N(CCO)C(=O)[C@@H]3[C@@H]2C(=O)NCc1ccccc1. The van der Waals surface area contributed by atoms with Crippen molar-refractivity contribution in [2.24, 2.45) is 17.3 Å². The van der Waals surface area contributed by atoms with Gasteiger partial charge in [-0.15, -0.1) is 0 Å². The maximum Gasteiger partial charge on any atom is 0.246 e. The van der Waals surface area contributed by atoms with Gasteiger partial charge in [-0.2, -0.15) is 0 Å². The highest BCUT2D eigenvalue weighted by Crippen LogP contribution is 2.64. The Morgan fingerprint density at radius 1 is 1.11 bits per heavy atom. The van der Waals surface area contributed by atoms with Gasteiger partial charge in [-0.05, 0) is 50.5 Å². The number of aliphatic hydroxyl groups is 1. The fourth-order valence-electron chi connectivity index (χ4n) is 7.43. The fourth-order valence-corrected chi connectivity index (χ4v) is 7.43. The number of fused-ring (bicyclic) bond motifs is 1. The van der Waals surface area contributed by atoms with Crippen LogP contribution in [0.1, 0.15) is 72.8 Å². The maximum absolute atomic E-state index is 13.9. The van der Waals surface area contributed by atoms with Crippen molar-refractivity contribution in [2.75, 3.05) is 13.2 Å². The van der Waals surface area contributed by atoms with Gasteiger partial charge in [0.05, 0.1) is 24.0 Å². The summed E-state index contributed by atoms with van der Waals surface area (Å²) in [6.07, 6.45) is 2.46. The molecular weight excluding hydrogens is 470 g/mol. The van der Waals surface area contributed by atoms with Gasteiger partial charge in [0.25, 0.3) is 0 Å². The molecule has 3 saturated heterocycles. The number of carbonyl (C=O) groups excluding carboxylic acids is 3. The van der Waals surface area contributed by atoms with Crippen LogP contribution in [-0.2, 0) is 25.7 Å². The number of aliphatic hydroxyl groups excluding tert-OH is 1. The number of hydrogen-bond donors (Lipinski definition) is 3. The highest BCUT2D eigenvalue weighted by molar-refractivity contribution is 5.99. The molecule has 1 spiro atoms. The predicted octanol–water partition coefficient (Wildman–Crippen LogP) is 2.78. The van der Waals surface area contributed by atoms with Gasteiger partial charge >= 0.3 is 0 Å². The quantitative estimate of drug-likeness (QED) is 0.471. The third kappa shape index (κ3) is 4.90. The van der Waals surface area contributed by atoms with Crippen LogP contribution < -0.4 is 10.6 Å². The molecule has 0 aliphatic carbocycles. The lowest BCUT2D eigenvalue weighted by molar-refractivity contribution is -0.148. The van der Waals surface area contributed by atoms with Crippen molar-refractivity contribution in [1.29, 1.82) is 0 Å². The zero-order chi connectivity index (χ0) is 27.2. The first kappa shape index (κ1) is 27.6. The molecule has 3 fully saturated rings. The normalized spacial score (nSPS) is 30.9. The van der Waals surface area contributed by atoms with Crippen LogP contribution in [0.3, 0.4) is 0 Å². The van der Waals surface area contributed by atoms with Crippen LogP contribution in [0, 0.1) is 17.3 Å². The number of β-amino-alcohol motifs (C(OH)–C–C–N with tert-alkyl or cyclic N) is 1. The summed E-state index contributed by atoms with van der Waals surface area (Å²) in [7, 11) is 0. The first-order valence-electron chi connectivity index (χ1n) is 13.5. The molecule has 1 aromatic carbocycles. The van der Waals surface area contributed by atoms with Gasteiger partial charge in [-0.25, -0.2) is 0 Å². The Hall–Kier alpha value is -2.45. The van der Waals surface area contributed by atoms with Crippen LogP contribution in [0.4, 0.5) is 0 Å². The maximum atomic E-state index is 13.9. The Bertz CT molecular complexity index is 1040. The van der Waals surface area contributed by atoms with Crippen molar-refractivity contribution in [3.05, 3.63) is 35.9 Å². The molecule has 3 amide bonds. The summed E-state index contributed by atoms with van der Waals surface area (Å²) in [6.45, 7) is 12.4. The van der Waals surface area contributed by atoms with E-state index in [1.165, 1.54) is 4.90 Å². The van der Waals surface area contributed by atoms with E-state index in [1.807, 2.05) is 51.1 Å². The molecule has 0 radical (unpaired) electrons. The molecular formula is C29H43N3O5. The van der Waals surface area contributed by atoms with E-state index in [0.29, 0.717) is 25.8 Å². The van der Waals surface area contributed by atoms with E-state index in [2.05, 4.69) is 31.4 Å². The number of nitrogens with zero attached hydrogens (tertiary/aromatic N) is 1. The molecule has 1 aromatic rings. The van der Waals surface area contributed by atoms with E-state index in [1.54, 1.807) is 0 Å². The Balaban J connectivity index is 1.65. The molecule has 3 aliphatic heterocycles. The smallest absolute Gasteiger partial charge is 0.246 e. The molecule has 3 N–H and O–H groups in total. The highest BCUT2D eigenvalue weighted by Gasteiger charge is 2.78. The molecule has 0 aromatic heterocycles. The number of carbonyl (C=O) groups is 3. The van der Waals surface area contributed by atoms with Gasteiger partial charge in [-0.1, -0.05) is 58.0 Å². The number of likely N-dealkylation sites (tertiary alicyclic amines) is 1. The zero-order valence-electron chi connectivity index (χ0n) is 23.1. The molecule has 2 bridgehead atoms. The number of ether oxygens (including phenoxy) is 1. The van der Waals surface area contributed by atoms with Crippen LogP contribution in [0.15, 0.2) is 30.3 Å². The standard InChI is InChI=1S/C29H43N3O5/c1-7-28-13-14-29(37-28)21(20(28)23(34)30-17-19-11-9-8-10-12-19)25(36)32(15-16-33)22(29)24(35)31-27(5,6)18-26(2,3)4/h8-12,20-22,33H,7,13-18H2,1-6H3,(H,30,34)(H,31,35)/t20-,21+,22?,28+,29?/m1/s1. The van der Waals surface area contributed by atoms with Crippen LogP contribution in [-0.4, -0.2) is 63.7 Å². The zero-order valence-corrected chi connectivity index (χ0v) is 23.1. The van der Waals surface area contributed by atoms with Gasteiger partial charge in [0.15, 0.2) is 0 Å². The number of benzene rings is 1. The van der Waals surface area contributed by atoms with Crippen LogP contribution in [0.5, 0.6) is 0 Å². The van der Waals surface area contributed by atoms with Crippen molar-refractivity contribution in [2.45, 2.75) is 96.6 Å². The molecule has 2 unspecified atom stereocenters. The lowest BCUT2D eigenvalue weighted by Gasteiger charge is -2.38. The van der Waals surface area contributed by atoms with E-state index in [4.69, 9.17) is 4.74 Å². The van der Waals surface area contributed by atoms with Crippen molar-refractivity contribution >= 4 is 17.7 Å². The largest absolute Gasteiger partial charge is 0.395 e. The summed E-state index contributed by atoms with van der Waals surface area (Å²) in [4.78, 5) is 42.9. The van der Waals surface area contributed by atoms with Gasteiger partial charge in [0, 0.05) is 18.6 Å². The summed E-state index contributed by atoms with van der Waals surface area (Å²) in [5, 5.41) is 16.0. The second kappa shape index (κ2) is 9.70. The predicted molar refractivity (Wildman–Crippen MR) is 140 cm³/mol. The minimum Gasteiger partial charge on any atom is -0.395 e. The van der Waals surface area contributed by atoms with Crippen LogP contribution in [0.25, 0.3) is 0 Å². The highest BCUT2D eigenvalue weighted by atomic mass is 16.5. The summed E-state index contributed by atoms with van der Waals surface area (Å²) in [5.74, 6) is -2.23. The lowest BCUT2D eigenvalue weighted by Crippen LogP contribution is -2.59. The van der Waals surface area contributed by atoms with E-state index in [-0.39, 0.29) is 36.3 Å². The number of amides is 3. The molecule has 0 saturated carbocycles. The van der Waals surface area contributed by atoms with Crippen molar-refractivity contribution in [3.8, 4) is 0 Å².